The normalized spacial score (nSPS) is 21.0. The van der Waals surface area contributed by atoms with Crippen molar-refractivity contribution in [1.82, 2.24) is 14.7 Å². The highest BCUT2D eigenvalue weighted by atomic mass is 32.2. The van der Waals surface area contributed by atoms with Crippen LogP contribution in [0, 0.1) is 12.7 Å². The molecule has 0 radical (unpaired) electrons. The molecule has 0 atom stereocenters. The Hall–Kier alpha value is -2.06. The quantitative estimate of drug-likeness (QED) is 0.881. The molecule has 2 aromatic rings. The van der Waals surface area contributed by atoms with Gasteiger partial charge in [0.15, 0.2) is 0 Å². The maximum absolute atomic E-state index is 13.2. The maximum atomic E-state index is 13.2. The zero-order chi connectivity index (χ0) is 17.9. The number of hydrogen-bond donors (Lipinski definition) is 1. The van der Waals surface area contributed by atoms with Gasteiger partial charge in [0, 0.05) is 18.4 Å². The highest BCUT2D eigenvalue weighted by molar-refractivity contribution is 7.89. The molecule has 3 rings (SSSR count). The lowest BCUT2D eigenvalue weighted by Gasteiger charge is -2.28. The van der Waals surface area contributed by atoms with Crippen molar-refractivity contribution in [3.05, 3.63) is 48.0 Å². The third kappa shape index (κ3) is 4.52. The fourth-order valence-electron chi connectivity index (χ4n) is 2.99. The molecule has 1 aromatic heterocycles. The maximum Gasteiger partial charge on any atom is 0.316 e. The van der Waals surface area contributed by atoms with E-state index in [2.05, 4.69) is 14.7 Å². The number of halogens is 1. The van der Waals surface area contributed by atoms with E-state index in [9.17, 15) is 12.8 Å². The van der Waals surface area contributed by atoms with Crippen LogP contribution in [0.2, 0.25) is 0 Å². The van der Waals surface area contributed by atoms with Crippen molar-refractivity contribution in [3.8, 4) is 6.01 Å². The fourth-order valence-corrected chi connectivity index (χ4v) is 4.52. The Morgan fingerprint density at radius 2 is 1.84 bits per heavy atom. The summed E-state index contributed by atoms with van der Waals surface area (Å²) in [5.41, 5.74) is 0.394. The Bertz CT molecular complexity index is 822. The SMILES string of the molecule is Cc1cc(F)ccc1S(=O)(=O)NC1CCC(Oc2ncccn2)CC1. The molecule has 1 aromatic carbocycles. The van der Waals surface area contributed by atoms with E-state index in [1.165, 1.54) is 12.1 Å². The highest BCUT2D eigenvalue weighted by Crippen LogP contribution is 2.24. The molecule has 25 heavy (non-hydrogen) atoms. The number of ether oxygens (including phenoxy) is 1. The van der Waals surface area contributed by atoms with Crippen LogP contribution in [-0.2, 0) is 10.0 Å². The van der Waals surface area contributed by atoms with E-state index in [1.807, 2.05) is 0 Å². The number of aryl methyl sites for hydroxylation is 1. The van der Waals surface area contributed by atoms with E-state index in [-0.39, 0.29) is 17.0 Å². The summed E-state index contributed by atoms with van der Waals surface area (Å²) in [6.45, 7) is 1.59. The molecule has 1 aliphatic carbocycles. The van der Waals surface area contributed by atoms with Crippen molar-refractivity contribution in [1.29, 1.82) is 0 Å². The summed E-state index contributed by atoms with van der Waals surface area (Å²) < 4.78 is 46.6. The Morgan fingerprint density at radius 3 is 2.48 bits per heavy atom. The summed E-state index contributed by atoms with van der Waals surface area (Å²) in [6, 6.07) is 5.58. The fraction of sp³-hybridized carbons (Fsp3) is 0.412. The van der Waals surface area contributed by atoms with Gasteiger partial charge in [-0.15, -0.1) is 0 Å². The number of benzene rings is 1. The zero-order valence-electron chi connectivity index (χ0n) is 13.9. The van der Waals surface area contributed by atoms with Gasteiger partial charge in [-0.3, -0.25) is 0 Å². The van der Waals surface area contributed by atoms with Gasteiger partial charge in [-0.05, 0) is 62.4 Å². The molecular weight excluding hydrogens is 345 g/mol. The number of nitrogens with zero attached hydrogens (tertiary/aromatic N) is 2. The van der Waals surface area contributed by atoms with Gasteiger partial charge in [-0.1, -0.05) is 0 Å². The van der Waals surface area contributed by atoms with E-state index in [0.29, 0.717) is 37.3 Å². The average molecular weight is 365 g/mol. The molecule has 134 valence electrons. The predicted molar refractivity (Wildman–Crippen MR) is 90.2 cm³/mol. The first-order valence-electron chi connectivity index (χ1n) is 8.16. The summed E-state index contributed by atoms with van der Waals surface area (Å²) in [5.74, 6) is -0.447. The van der Waals surface area contributed by atoms with E-state index in [1.54, 1.807) is 25.4 Å². The summed E-state index contributed by atoms with van der Waals surface area (Å²) in [6.07, 6.45) is 5.98. The molecule has 1 heterocycles. The molecule has 1 fully saturated rings. The van der Waals surface area contributed by atoms with Crippen LogP contribution in [0.5, 0.6) is 6.01 Å². The summed E-state index contributed by atoms with van der Waals surface area (Å²) >= 11 is 0. The van der Waals surface area contributed by atoms with Crippen molar-refractivity contribution in [2.45, 2.75) is 49.6 Å². The van der Waals surface area contributed by atoms with Crippen LogP contribution in [0.3, 0.4) is 0 Å². The molecule has 1 aliphatic rings. The van der Waals surface area contributed by atoms with E-state index in [0.717, 1.165) is 6.07 Å². The molecule has 0 aliphatic heterocycles. The number of sulfonamides is 1. The molecule has 0 unspecified atom stereocenters. The molecule has 6 nitrogen and oxygen atoms in total. The van der Waals surface area contributed by atoms with Crippen LogP contribution < -0.4 is 9.46 Å². The minimum atomic E-state index is -3.67. The highest BCUT2D eigenvalue weighted by Gasteiger charge is 2.27. The van der Waals surface area contributed by atoms with Crippen molar-refractivity contribution in [2.75, 3.05) is 0 Å². The molecule has 1 N–H and O–H groups in total. The lowest BCUT2D eigenvalue weighted by atomic mass is 9.94. The van der Waals surface area contributed by atoms with Gasteiger partial charge in [0.2, 0.25) is 10.0 Å². The Morgan fingerprint density at radius 1 is 1.16 bits per heavy atom. The molecule has 1 saturated carbocycles. The van der Waals surface area contributed by atoms with E-state index in [4.69, 9.17) is 4.74 Å². The lowest BCUT2D eigenvalue weighted by Crippen LogP contribution is -2.40. The number of aromatic nitrogens is 2. The second-order valence-electron chi connectivity index (χ2n) is 6.15. The molecule has 8 heteroatoms. The van der Waals surface area contributed by atoms with E-state index >= 15 is 0 Å². The molecule has 0 bridgehead atoms. The molecule has 0 saturated heterocycles. The third-order valence-corrected chi connectivity index (χ3v) is 5.92. The Kier molecular flexibility index (Phi) is 5.29. The molecular formula is C17H20FN3O3S. The summed E-state index contributed by atoms with van der Waals surface area (Å²) in [4.78, 5) is 8.18. The second-order valence-corrected chi connectivity index (χ2v) is 7.84. The predicted octanol–water partition coefficient (Wildman–Crippen LogP) is 2.59. The Balaban J connectivity index is 1.58. The summed E-state index contributed by atoms with van der Waals surface area (Å²) in [7, 11) is -3.67. The topological polar surface area (TPSA) is 81.2 Å². The minimum Gasteiger partial charge on any atom is -0.460 e. The zero-order valence-corrected chi connectivity index (χ0v) is 14.7. The van der Waals surface area contributed by atoms with Crippen molar-refractivity contribution < 1.29 is 17.5 Å². The van der Waals surface area contributed by atoms with Gasteiger partial charge in [-0.25, -0.2) is 27.5 Å². The van der Waals surface area contributed by atoms with Crippen LogP contribution in [-0.4, -0.2) is 30.5 Å². The van der Waals surface area contributed by atoms with Crippen LogP contribution in [0.1, 0.15) is 31.2 Å². The smallest absolute Gasteiger partial charge is 0.316 e. The van der Waals surface area contributed by atoms with Crippen molar-refractivity contribution in [2.24, 2.45) is 0 Å². The minimum absolute atomic E-state index is 0.0179. The van der Waals surface area contributed by atoms with E-state index < -0.39 is 15.8 Å². The number of rotatable bonds is 5. The van der Waals surface area contributed by atoms with Crippen molar-refractivity contribution >= 4 is 10.0 Å². The Labute approximate surface area is 146 Å². The standard InChI is InChI=1S/C17H20FN3O3S/c1-12-11-13(18)3-8-16(12)25(22,23)21-14-4-6-15(7-5-14)24-17-19-9-2-10-20-17/h2-3,8-11,14-15,21H,4-7H2,1H3. The second kappa shape index (κ2) is 7.45. The van der Waals surface area contributed by atoms with Crippen LogP contribution in [0.25, 0.3) is 0 Å². The first kappa shape index (κ1) is 17.8. The van der Waals surface area contributed by atoms with Gasteiger partial charge >= 0.3 is 6.01 Å². The summed E-state index contributed by atoms with van der Waals surface area (Å²) in [5, 5.41) is 0. The van der Waals surface area contributed by atoms with Crippen LogP contribution in [0.15, 0.2) is 41.6 Å². The third-order valence-electron chi connectivity index (χ3n) is 4.24. The number of hydrogen-bond acceptors (Lipinski definition) is 5. The lowest BCUT2D eigenvalue weighted by molar-refractivity contribution is 0.132. The van der Waals surface area contributed by atoms with Crippen molar-refractivity contribution in [3.63, 3.8) is 0 Å². The van der Waals surface area contributed by atoms with Gasteiger partial charge in [-0.2, -0.15) is 0 Å². The average Bonchev–Trinajstić information content (AvgIpc) is 2.57. The monoisotopic (exact) mass is 365 g/mol. The first-order chi connectivity index (χ1) is 11.9. The largest absolute Gasteiger partial charge is 0.460 e. The van der Waals surface area contributed by atoms with Crippen LogP contribution >= 0.6 is 0 Å². The van der Waals surface area contributed by atoms with Crippen LogP contribution in [0.4, 0.5) is 4.39 Å². The number of nitrogens with one attached hydrogen (secondary N) is 1. The van der Waals surface area contributed by atoms with Gasteiger partial charge < -0.3 is 4.74 Å². The molecule has 0 amide bonds. The molecule has 0 spiro atoms. The first-order valence-corrected chi connectivity index (χ1v) is 9.64. The van der Waals surface area contributed by atoms with Gasteiger partial charge in [0.1, 0.15) is 11.9 Å². The van der Waals surface area contributed by atoms with Gasteiger partial charge in [0.05, 0.1) is 4.90 Å². The van der Waals surface area contributed by atoms with Gasteiger partial charge in [0.25, 0.3) is 0 Å².